The van der Waals surface area contributed by atoms with E-state index in [9.17, 15) is 4.39 Å². The number of hydrogen-bond acceptors (Lipinski definition) is 3. The van der Waals surface area contributed by atoms with Crippen LogP contribution in [0.25, 0.3) is 11.3 Å². The van der Waals surface area contributed by atoms with Crippen LogP contribution in [0.5, 0.6) is 11.5 Å². The fourth-order valence-corrected chi connectivity index (χ4v) is 1.80. The largest absolute Gasteiger partial charge is 0.457 e. The minimum absolute atomic E-state index is 0.421. The molecule has 0 saturated carbocycles. The van der Waals surface area contributed by atoms with Crippen molar-refractivity contribution in [3.05, 3.63) is 60.8 Å². The van der Waals surface area contributed by atoms with Crippen molar-refractivity contribution < 1.29 is 9.13 Å². The van der Waals surface area contributed by atoms with Crippen molar-refractivity contribution in [2.75, 3.05) is 0 Å². The van der Waals surface area contributed by atoms with Crippen LogP contribution in [-0.2, 0) is 7.05 Å². The van der Waals surface area contributed by atoms with Crippen LogP contribution < -0.4 is 4.74 Å². The summed E-state index contributed by atoms with van der Waals surface area (Å²) in [5.74, 6) is 0.554. The Morgan fingerprint density at radius 2 is 2.10 bits per heavy atom. The first-order valence-electron chi connectivity index (χ1n) is 6.01. The van der Waals surface area contributed by atoms with E-state index in [0.29, 0.717) is 11.5 Å². The van der Waals surface area contributed by atoms with Gasteiger partial charge in [-0.25, -0.2) is 4.39 Å². The average Bonchev–Trinajstić information content (AvgIpc) is 2.86. The second-order valence-electron chi connectivity index (χ2n) is 4.25. The Morgan fingerprint density at radius 3 is 2.85 bits per heavy atom. The number of ether oxygens (including phenoxy) is 1. The first-order valence-corrected chi connectivity index (χ1v) is 6.01. The summed E-state index contributed by atoms with van der Waals surface area (Å²) in [7, 11) is 1.84. The Balaban J connectivity index is 1.88. The molecule has 0 atom stereocenters. The molecule has 2 aromatic heterocycles. The highest BCUT2D eigenvalue weighted by Gasteiger charge is 2.05. The topological polar surface area (TPSA) is 39.9 Å². The molecule has 0 bridgehead atoms. The quantitative estimate of drug-likeness (QED) is 0.732. The monoisotopic (exact) mass is 268 g/mol. The van der Waals surface area contributed by atoms with Gasteiger partial charge in [0.15, 0.2) is 0 Å². The van der Waals surface area contributed by atoms with E-state index in [1.54, 1.807) is 35.3 Å². The van der Waals surface area contributed by atoms with Gasteiger partial charge in [-0.05, 0) is 18.2 Å². The smallest absolute Gasteiger partial charge is 0.134 e. The van der Waals surface area contributed by atoms with Gasteiger partial charge in [0.2, 0.25) is 0 Å². The van der Waals surface area contributed by atoms with Crippen molar-refractivity contribution in [1.29, 1.82) is 0 Å². The molecule has 5 heteroatoms. The van der Waals surface area contributed by atoms with Gasteiger partial charge in [-0.3, -0.25) is 9.67 Å². The number of hydrogen-bond donors (Lipinski definition) is 0. The highest BCUT2D eigenvalue weighted by Crippen LogP contribution is 2.25. The van der Waals surface area contributed by atoms with Gasteiger partial charge in [-0.1, -0.05) is 0 Å². The van der Waals surface area contributed by atoms with Crippen molar-refractivity contribution >= 4 is 0 Å². The summed E-state index contributed by atoms with van der Waals surface area (Å²) >= 11 is 0. The standard InChI is InChI=1S/C15H11FN3O/c1-19-10-11(9-18-19)15-8-14(5-6-17-15)20-13-4-2-3-12(16)7-13/h2,4-10H,1H3. The molecule has 0 aliphatic rings. The molecule has 2 heterocycles. The van der Waals surface area contributed by atoms with E-state index in [1.165, 1.54) is 12.1 Å². The van der Waals surface area contributed by atoms with Gasteiger partial charge in [0.05, 0.1) is 11.9 Å². The number of benzene rings is 1. The van der Waals surface area contributed by atoms with Crippen molar-refractivity contribution in [3.63, 3.8) is 0 Å². The summed E-state index contributed by atoms with van der Waals surface area (Å²) < 4.78 is 20.4. The maximum atomic E-state index is 13.1. The number of aryl methyl sites for hydroxylation is 1. The molecular weight excluding hydrogens is 257 g/mol. The summed E-state index contributed by atoms with van der Waals surface area (Å²) in [4.78, 5) is 4.27. The molecule has 0 N–H and O–H groups in total. The maximum Gasteiger partial charge on any atom is 0.134 e. The van der Waals surface area contributed by atoms with Crippen LogP contribution in [0, 0.1) is 11.9 Å². The SMILES string of the molecule is Cn1cc(-c2cc(Oc3cc[c]c(F)c3)ccn2)cn1. The zero-order chi connectivity index (χ0) is 13.9. The van der Waals surface area contributed by atoms with E-state index in [2.05, 4.69) is 16.1 Å². The number of halogens is 1. The maximum absolute atomic E-state index is 13.1. The molecule has 3 aromatic rings. The number of pyridine rings is 1. The predicted molar refractivity (Wildman–Crippen MR) is 71.7 cm³/mol. The number of aromatic nitrogens is 3. The fourth-order valence-electron chi connectivity index (χ4n) is 1.80. The Bertz CT molecular complexity index is 739. The summed E-state index contributed by atoms with van der Waals surface area (Å²) in [6.07, 6.45) is 5.23. The number of rotatable bonds is 3. The molecule has 99 valence electrons. The lowest BCUT2D eigenvalue weighted by Gasteiger charge is -2.06. The minimum atomic E-state index is -0.455. The molecule has 1 aromatic carbocycles. The average molecular weight is 268 g/mol. The van der Waals surface area contributed by atoms with E-state index in [4.69, 9.17) is 4.74 Å². The molecule has 4 nitrogen and oxygen atoms in total. The van der Waals surface area contributed by atoms with Gasteiger partial charge in [-0.2, -0.15) is 5.10 Å². The highest BCUT2D eigenvalue weighted by molar-refractivity contribution is 5.58. The molecule has 0 aliphatic carbocycles. The van der Waals surface area contributed by atoms with Gasteiger partial charge >= 0.3 is 0 Å². The normalized spacial score (nSPS) is 10.5. The lowest BCUT2D eigenvalue weighted by molar-refractivity contribution is 0.476. The second kappa shape index (κ2) is 5.13. The van der Waals surface area contributed by atoms with Gasteiger partial charge in [-0.15, -0.1) is 0 Å². The molecule has 1 radical (unpaired) electrons. The van der Waals surface area contributed by atoms with E-state index >= 15 is 0 Å². The molecule has 0 amide bonds. The Labute approximate surface area is 115 Å². The summed E-state index contributed by atoms with van der Waals surface area (Å²) in [5, 5.41) is 4.10. The van der Waals surface area contributed by atoms with Gasteiger partial charge in [0.1, 0.15) is 17.3 Å². The minimum Gasteiger partial charge on any atom is -0.457 e. The molecule has 3 rings (SSSR count). The zero-order valence-corrected chi connectivity index (χ0v) is 10.7. The van der Waals surface area contributed by atoms with Crippen LogP contribution in [0.3, 0.4) is 0 Å². The molecule has 0 unspecified atom stereocenters. The number of nitrogens with zero attached hydrogens (tertiary/aromatic N) is 3. The molecule has 0 spiro atoms. The molecule has 0 aliphatic heterocycles. The summed E-state index contributed by atoms with van der Waals surface area (Å²) in [5.41, 5.74) is 1.64. The van der Waals surface area contributed by atoms with Crippen molar-refractivity contribution in [1.82, 2.24) is 14.8 Å². The fraction of sp³-hybridized carbons (Fsp3) is 0.0667. The summed E-state index contributed by atoms with van der Waals surface area (Å²) in [6, 6.07) is 10.3. The second-order valence-corrected chi connectivity index (χ2v) is 4.25. The molecule has 20 heavy (non-hydrogen) atoms. The Hall–Kier alpha value is -2.69. The highest BCUT2D eigenvalue weighted by atomic mass is 19.1. The van der Waals surface area contributed by atoms with Gasteiger partial charge < -0.3 is 4.74 Å². The Kier molecular flexibility index (Phi) is 3.16. The third-order valence-corrected chi connectivity index (χ3v) is 2.71. The summed E-state index contributed by atoms with van der Waals surface area (Å²) in [6.45, 7) is 0. The van der Waals surface area contributed by atoms with E-state index < -0.39 is 5.82 Å². The van der Waals surface area contributed by atoms with Crippen LogP contribution in [0.4, 0.5) is 4.39 Å². The van der Waals surface area contributed by atoms with Crippen LogP contribution in [-0.4, -0.2) is 14.8 Å². The van der Waals surface area contributed by atoms with Crippen molar-refractivity contribution in [2.24, 2.45) is 7.05 Å². The van der Waals surface area contributed by atoms with E-state index in [0.717, 1.165) is 11.3 Å². The lowest BCUT2D eigenvalue weighted by Crippen LogP contribution is -1.88. The molecular formula is C15H11FN3O. The van der Waals surface area contributed by atoms with E-state index in [-0.39, 0.29) is 0 Å². The third-order valence-electron chi connectivity index (χ3n) is 2.71. The van der Waals surface area contributed by atoms with Crippen LogP contribution in [0.2, 0.25) is 0 Å². The zero-order valence-electron chi connectivity index (χ0n) is 10.7. The van der Waals surface area contributed by atoms with E-state index in [1.807, 2.05) is 13.2 Å². The van der Waals surface area contributed by atoms with Crippen LogP contribution in [0.1, 0.15) is 0 Å². The van der Waals surface area contributed by atoms with Crippen molar-refractivity contribution in [2.45, 2.75) is 0 Å². The first kappa shape index (κ1) is 12.3. The van der Waals surface area contributed by atoms with Crippen molar-refractivity contribution in [3.8, 4) is 22.8 Å². The lowest BCUT2D eigenvalue weighted by atomic mass is 10.2. The molecule has 0 saturated heterocycles. The third kappa shape index (κ3) is 2.66. The van der Waals surface area contributed by atoms with Crippen LogP contribution >= 0.6 is 0 Å². The predicted octanol–water partition coefficient (Wildman–Crippen LogP) is 3.21. The molecule has 0 fully saturated rings. The van der Waals surface area contributed by atoms with Gasteiger partial charge in [0, 0.05) is 43.2 Å². The first-order chi connectivity index (χ1) is 9.70. The van der Waals surface area contributed by atoms with Crippen LogP contribution in [0.15, 0.2) is 48.9 Å². The Morgan fingerprint density at radius 1 is 1.25 bits per heavy atom. The van der Waals surface area contributed by atoms with Gasteiger partial charge in [0.25, 0.3) is 0 Å².